The Balaban J connectivity index is 1.67. The normalized spacial score (nSPS) is 28.7. The molecule has 2 unspecified atom stereocenters. The van der Waals surface area contributed by atoms with Crippen LogP contribution in [0.1, 0.15) is 13.3 Å². The Morgan fingerprint density at radius 2 is 2.11 bits per heavy atom. The Hall–Kier alpha value is -0.200. The van der Waals surface area contributed by atoms with Crippen LogP contribution in [-0.2, 0) is 4.74 Å². The van der Waals surface area contributed by atoms with Gasteiger partial charge in [-0.2, -0.15) is 0 Å². The number of nitrogens with one attached hydrogen (secondary N) is 1. The fourth-order valence-electron chi connectivity index (χ4n) is 2.89. The predicted octanol–water partition coefficient (Wildman–Crippen LogP) is -0.637. The number of aliphatic hydroxyl groups is 1. The molecule has 2 rings (SSSR count). The summed E-state index contributed by atoms with van der Waals surface area (Å²) >= 11 is 0. The highest BCUT2D eigenvalue weighted by molar-refractivity contribution is 4.85. The third kappa shape index (κ3) is 4.17. The van der Waals surface area contributed by atoms with Gasteiger partial charge in [-0.25, -0.2) is 0 Å². The third-order valence-electron chi connectivity index (χ3n) is 3.91. The molecule has 2 aliphatic heterocycles. The van der Waals surface area contributed by atoms with Crippen molar-refractivity contribution in [2.75, 3.05) is 59.0 Å². The number of morpholine rings is 1. The van der Waals surface area contributed by atoms with Crippen LogP contribution in [-0.4, -0.2) is 86.1 Å². The molecule has 0 amide bonds. The fourth-order valence-corrected chi connectivity index (χ4v) is 2.89. The average molecular weight is 257 g/mol. The first kappa shape index (κ1) is 14.2. The van der Waals surface area contributed by atoms with E-state index in [0.29, 0.717) is 12.6 Å². The molecule has 106 valence electrons. The Bertz CT molecular complexity index is 234. The standard InChI is InChI=1S/C13H27N3O2/c1-2-14-9-13(17)11-15-4-3-12(10-15)16-5-7-18-8-6-16/h12-14,17H,2-11H2,1H3. The molecule has 0 spiro atoms. The van der Waals surface area contributed by atoms with Crippen molar-refractivity contribution in [2.24, 2.45) is 0 Å². The van der Waals surface area contributed by atoms with Crippen molar-refractivity contribution in [3.8, 4) is 0 Å². The maximum atomic E-state index is 9.90. The molecule has 0 saturated carbocycles. The third-order valence-corrected chi connectivity index (χ3v) is 3.91. The van der Waals surface area contributed by atoms with Crippen LogP contribution in [0.2, 0.25) is 0 Å². The quantitative estimate of drug-likeness (QED) is 0.663. The molecule has 0 aliphatic carbocycles. The number of likely N-dealkylation sites (tertiary alicyclic amines) is 1. The molecule has 5 nitrogen and oxygen atoms in total. The van der Waals surface area contributed by atoms with Gasteiger partial charge in [-0.15, -0.1) is 0 Å². The van der Waals surface area contributed by atoms with Crippen molar-refractivity contribution in [2.45, 2.75) is 25.5 Å². The highest BCUT2D eigenvalue weighted by Crippen LogP contribution is 2.16. The number of hydrogen-bond donors (Lipinski definition) is 2. The van der Waals surface area contributed by atoms with E-state index in [1.165, 1.54) is 6.42 Å². The van der Waals surface area contributed by atoms with Crippen molar-refractivity contribution in [3.63, 3.8) is 0 Å². The number of aliphatic hydroxyl groups excluding tert-OH is 1. The van der Waals surface area contributed by atoms with E-state index in [0.717, 1.165) is 52.5 Å². The molecule has 18 heavy (non-hydrogen) atoms. The second kappa shape index (κ2) is 7.40. The zero-order chi connectivity index (χ0) is 12.8. The van der Waals surface area contributed by atoms with Crippen molar-refractivity contribution in [1.29, 1.82) is 0 Å². The Morgan fingerprint density at radius 3 is 2.83 bits per heavy atom. The zero-order valence-electron chi connectivity index (χ0n) is 11.5. The largest absolute Gasteiger partial charge is 0.390 e. The second-order valence-corrected chi connectivity index (χ2v) is 5.31. The van der Waals surface area contributed by atoms with Crippen LogP contribution in [0.15, 0.2) is 0 Å². The van der Waals surface area contributed by atoms with Gasteiger partial charge in [-0.1, -0.05) is 6.92 Å². The monoisotopic (exact) mass is 257 g/mol. The lowest BCUT2D eigenvalue weighted by atomic mass is 10.2. The van der Waals surface area contributed by atoms with Gasteiger partial charge in [-0.05, 0) is 19.5 Å². The molecule has 0 bridgehead atoms. The number of rotatable bonds is 6. The van der Waals surface area contributed by atoms with E-state index in [2.05, 4.69) is 22.0 Å². The summed E-state index contributed by atoms with van der Waals surface area (Å²) in [6.45, 7) is 10.6. The Kier molecular flexibility index (Phi) is 5.85. The fraction of sp³-hybridized carbons (Fsp3) is 1.00. The molecule has 2 heterocycles. The van der Waals surface area contributed by atoms with Gasteiger partial charge in [0, 0.05) is 38.8 Å². The molecule has 0 aromatic heterocycles. The van der Waals surface area contributed by atoms with E-state index in [4.69, 9.17) is 4.74 Å². The molecule has 5 heteroatoms. The molecular weight excluding hydrogens is 230 g/mol. The van der Waals surface area contributed by atoms with Gasteiger partial charge < -0.3 is 15.2 Å². The van der Waals surface area contributed by atoms with Crippen LogP contribution in [0, 0.1) is 0 Å². The van der Waals surface area contributed by atoms with Gasteiger partial charge in [0.2, 0.25) is 0 Å². The SMILES string of the molecule is CCNCC(O)CN1CCC(N2CCOCC2)C1. The number of β-amino-alcohol motifs (C(OH)–C–C–N with tert-alkyl or cyclic N) is 1. The summed E-state index contributed by atoms with van der Waals surface area (Å²) in [6, 6.07) is 0.667. The number of hydrogen-bond acceptors (Lipinski definition) is 5. The Morgan fingerprint density at radius 1 is 1.33 bits per heavy atom. The van der Waals surface area contributed by atoms with Gasteiger partial charge in [0.1, 0.15) is 0 Å². The molecule has 2 N–H and O–H groups in total. The topological polar surface area (TPSA) is 48.0 Å². The van der Waals surface area contributed by atoms with Crippen molar-refractivity contribution in [1.82, 2.24) is 15.1 Å². The minimum absolute atomic E-state index is 0.242. The summed E-state index contributed by atoms with van der Waals surface area (Å²) in [7, 11) is 0. The summed E-state index contributed by atoms with van der Waals surface area (Å²) in [5.41, 5.74) is 0. The molecule has 2 aliphatic rings. The first-order chi connectivity index (χ1) is 8.79. The highest BCUT2D eigenvalue weighted by atomic mass is 16.5. The van der Waals surface area contributed by atoms with Crippen LogP contribution in [0.4, 0.5) is 0 Å². The van der Waals surface area contributed by atoms with Crippen LogP contribution >= 0.6 is 0 Å². The van der Waals surface area contributed by atoms with Crippen LogP contribution in [0.3, 0.4) is 0 Å². The maximum Gasteiger partial charge on any atom is 0.0791 e. The highest BCUT2D eigenvalue weighted by Gasteiger charge is 2.29. The number of likely N-dealkylation sites (N-methyl/N-ethyl adjacent to an activating group) is 1. The number of nitrogens with zero attached hydrogens (tertiary/aromatic N) is 2. The molecule has 2 atom stereocenters. The van der Waals surface area contributed by atoms with Crippen molar-refractivity contribution < 1.29 is 9.84 Å². The summed E-state index contributed by atoms with van der Waals surface area (Å²) in [4.78, 5) is 4.93. The minimum Gasteiger partial charge on any atom is -0.390 e. The van der Waals surface area contributed by atoms with Crippen LogP contribution in [0.5, 0.6) is 0 Å². The lowest BCUT2D eigenvalue weighted by Crippen LogP contribution is -2.45. The summed E-state index contributed by atoms with van der Waals surface area (Å²) < 4.78 is 5.39. The lowest BCUT2D eigenvalue weighted by molar-refractivity contribution is 0.0174. The summed E-state index contributed by atoms with van der Waals surface area (Å²) in [5.74, 6) is 0. The van der Waals surface area contributed by atoms with E-state index in [-0.39, 0.29) is 6.10 Å². The van der Waals surface area contributed by atoms with E-state index in [1.807, 2.05) is 0 Å². The maximum absolute atomic E-state index is 9.90. The van der Waals surface area contributed by atoms with Gasteiger partial charge in [-0.3, -0.25) is 9.80 Å². The van der Waals surface area contributed by atoms with Gasteiger partial charge in [0.05, 0.1) is 19.3 Å². The number of ether oxygens (including phenoxy) is 1. The van der Waals surface area contributed by atoms with E-state index in [1.54, 1.807) is 0 Å². The van der Waals surface area contributed by atoms with Gasteiger partial charge in [0.15, 0.2) is 0 Å². The minimum atomic E-state index is -0.242. The first-order valence-corrected chi connectivity index (χ1v) is 7.22. The zero-order valence-corrected chi connectivity index (χ0v) is 11.5. The van der Waals surface area contributed by atoms with E-state index in [9.17, 15) is 5.11 Å². The smallest absolute Gasteiger partial charge is 0.0791 e. The van der Waals surface area contributed by atoms with Gasteiger partial charge in [0.25, 0.3) is 0 Å². The molecule has 2 fully saturated rings. The Labute approximate surface area is 110 Å². The first-order valence-electron chi connectivity index (χ1n) is 7.22. The summed E-state index contributed by atoms with van der Waals surface area (Å²) in [5, 5.41) is 13.1. The van der Waals surface area contributed by atoms with Gasteiger partial charge >= 0.3 is 0 Å². The van der Waals surface area contributed by atoms with Crippen molar-refractivity contribution >= 4 is 0 Å². The molecule has 0 aromatic carbocycles. The van der Waals surface area contributed by atoms with Crippen molar-refractivity contribution in [3.05, 3.63) is 0 Å². The lowest BCUT2D eigenvalue weighted by Gasteiger charge is -2.32. The second-order valence-electron chi connectivity index (χ2n) is 5.31. The van der Waals surface area contributed by atoms with E-state index < -0.39 is 0 Å². The van der Waals surface area contributed by atoms with Crippen LogP contribution in [0.25, 0.3) is 0 Å². The van der Waals surface area contributed by atoms with Crippen LogP contribution < -0.4 is 5.32 Å². The molecule has 0 radical (unpaired) electrons. The summed E-state index contributed by atoms with van der Waals surface area (Å²) in [6.07, 6.45) is 0.988. The average Bonchev–Trinajstić information content (AvgIpc) is 2.86. The molecule has 2 saturated heterocycles. The predicted molar refractivity (Wildman–Crippen MR) is 71.8 cm³/mol. The molecular formula is C13H27N3O2. The molecule has 0 aromatic rings. The van der Waals surface area contributed by atoms with E-state index >= 15 is 0 Å².